The van der Waals surface area contributed by atoms with Crippen LogP contribution in [0.5, 0.6) is 0 Å². The standard InChI is InChI=1S/C17H22N4O2S/c1-10-7-11(2)19-17(18-10)14-9-21(5-6-23-14)16(22)8-15-12(3)20-13(4)24-15/h7,14H,5-6,8-9H2,1-4H3/t14-/m0/s1. The van der Waals surface area contributed by atoms with Crippen LogP contribution in [0, 0.1) is 27.7 Å². The summed E-state index contributed by atoms with van der Waals surface area (Å²) < 4.78 is 5.80. The highest BCUT2D eigenvalue weighted by atomic mass is 32.1. The van der Waals surface area contributed by atoms with Gasteiger partial charge < -0.3 is 9.64 Å². The third-order valence-corrected chi connectivity index (χ3v) is 5.09. The lowest BCUT2D eigenvalue weighted by Crippen LogP contribution is -2.43. The minimum Gasteiger partial charge on any atom is -0.367 e. The molecule has 0 bridgehead atoms. The van der Waals surface area contributed by atoms with Gasteiger partial charge >= 0.3 is 0 Å². The van der Waals surface area contributed by atoms with E-state index in [4.69, 9.17) is 4.74 Å². The number of aryl methyl sites for hydroxylation is 4. The van der Waals surface area contributed by atoms with E-state index in [1.807, 2.05) is 38.7 Å². The Hall–Kier alpha value is -1.86. The van der Waals surface area contributed by atoms with Crippen LogP contribution in [0.2, 0.25) is 0 Å². The van der Waals surface area contributed by atoms with E-state index in [0.717, 1.165) is 27.0 Å². The Morgan fingerprint density at radius 3 is 2.58 bits per heavy atom. The maximum atomic E-state index is 12.6. The molecule has 0 aliphatic carbocycles. The van der Waals surface area contributed by atoms with E-state index < -0.39 is 0 Å². The fourth-order valence-corrected chi connectivity index (χ4v) is 3.84. The zero-order chi connectivity index (χ0) is 17.3. The number of amides is 1. The maximum absolute atomic E-state index is 12.6. The molecule has 2 aromatic heterocycles. The van der Waals surface area contributed by atoms with Gasteiger partial charge in [-0.1, -0.05) is 0 Å². The molecule has 24 heavy (non-hydrogen) atoms. The van der Waals surface area contributed by atoms with Crippen molar-refractivity contribution >= 4 is 17.2 Å². The van der Waals surface area contributed by atoms with Crippen molar-refractivity contribution in [1.29, 1.82) is 0 Å². The van der Waals surface area contributed by atoms with Crippen molar-refractivity contribution in [2.45, 2.75) is 40.2 Å². The first-order valence-corrected chi connectivity index (χ1v) is 8.88. The lowest BCUT2D eigenvalue weighted by atomic mass is 10.2. The predicted octanol–water partition coefficient (Wildman–Crippen LogP) is 2.31. The van der Waals surface area contributed by atoms with E-state index in [1.165, 1.54) is 0 Å². The van der Waals surface area contributed by atoms with Gasteiger partial charge in [-0.05, 0) is 33.8 Å². The summed E-state index contributed by atoms with van der Waals surface area (Å²) >= 11 is 1.59. The minimum atomic E-state index is -0.259. The Morgan fingerprint density at radius 1 is 1.25 bits per heavy atom. The lowest BCUT2D eigenvalue weighted by Gasteiger charge is -2.32. The molecule has 128 valence electrons. The zero-order valence-electron chi connectivity index (χ0n) is 14.5. The molecular weight excluding hydrogens is 324 g/mol. The van der Waals surface area contributed by atoms with E-state index in [0.29, 0.717) is 31.9 Å². The molecule has 7 heteroatoms. The van der Waals surface area contributed by atoms with Crippen LogP contribution < -0.4 is 0 Å². The van der Waals surface area contributed by atoms with Gasteiger partial charge in [0.05, 0.1) is 30.3 Å². The number of rotatable bonds is 3. The average Bonchev–Trinajstić information content (AvgIpc) is 2.84. The van der Waals surface area contributed by atoms with E-state index in [2.05, 4.69) is 15.0 Å². The molecule has 0 N–H and O–H groups in total. The number of hydrogen-bond donors (Lipinski definition) is 0. The summed E-state index contributed by atoms with van der Waals surface area (Å²) in [5.74, 6) is 0.772. The Balaban J connectivity index is 1.70. The van der Waals surface area contributed by atoms with Gasteiger partial charge in [0.1, 0.15) is 6.10 Å². The zero-order valence-corrected chi connectivity index (χ0v) is 15.3. The van der Waals surface area contributed by atoms with E-state index in [9.17, 15) is 4.79 Å². The van der Waals surface area contributed by atoms with Crippen LogP contribution in [-0.2, 0) is 16.0 Å². The van der Waals surface area contributed by atoms with Crippen LogP contribution in [0.15, 0.2) is 6.07 Å². The lowest BCUT2D eigenvalue weighted by molar-refractivity contribution is -0.138. The number of aromatic nitrogens is 3. The number of thiazole rings is 1. The number of hydrogen-bond acceptors (Lipinski definition) is 6. The summed E-state index contributed by atoms with van der Waals surface area (Å²) in [5, 5.41) is 0.999. The summed E-state index contributed by atoms with van der Waals surface area (Å²) in [7, 11) is 0. The molecular formula is C17H22N4O2S. The fraction of sp³-hybridized carbons (Fsp3) is 0.529. The van der Waals surface area contributed by atoms with Crippen LogP contribution in [0.25, 0.3) is 0 Å². The molecule has 0 spiro atoms. The van der Waals surface area contributed by atoms with Crippen molar-refractivity contribution in [1.82, 2.24) is 19.9 Å². The van der Waals surface area contributed by atoms with Gasteiger partial charge in [0.2, 0.25) is 5.91 Å². The van der Waals surface area contributed by atoms with Gasteiger partial charge in [-0.3, -0.25) is 4.79 Å². The summed E-state index contributed by atoms with van der Waals surface area (Å²) in [4.78, 5) is 28.9. The van der Waals surface area contributed by atoms with E-state index in [-0.39, 0.29) is 12.0 Å². The summed E-state index contributed by atoms with van der Waals surface area (Å²) in [6, 6.07) is 1.93. The van der Waals surface area contributed by atoms with Crippen molar-refractivity contribution in [3.63, 3.8) is 0 Å². The van der Waals surface area contributed by atoms with Gasteiger partial charge in [0, 0.05) is 22.8 Å². The smallest absolute Gasteiger partial charge is 0.228 e. The molecule has 0 unspecified atom stereocenters. The van der Waals surface area contributed by atoms with E-state index >= 15 is 0 Å². The van der Waals surface area contributed by atoms with Crippen molar-refractivity contribution < 1.29 is 9.53 Å². The van der Waals surface area contributed by atoms with Crippen molar-refractivity contribution in [2.24, 2.45) is 0 Å². The SMILES string of the molecule is Cc1cc(C)nc([C@@H]2CN(C(=O)Cc3sc(C)nc3C)CCO2)n1. The molecule has 1 atom stereocenters. The second kappa shape index (κ2) is 6.94. The molecule has 3 rings (SSSR count). The van der Waals surface area contributed by atoms with Gasteiger partial charge in [-0.15, -0.1) is 11.3 Å². The normalized spacial score (nSPS) is 18.0. The molecule has 1 aliphatic heterocycles. The van der Waals surface area contributed by atoms with Crippen LogP contribution >= 0.6 is 11.3 Å². The van der Waals surface area contributed by atoms with Crippen molar-refractivity contribution in [3.8, 4) is 0 Å². The first kappa shape index (κ1) is 17.0. The summed E-state index contributed by atoms with van der Waals surface area (Å²) in [5.41, 5.74) is 2.79. The molecule has 1 aliphatic rings. The maximum Gasteiger partial charge on any atom is 0.228 e. The number of morpholine rings is 1. The Labute approximate surface area is 145 Å². The summed E-state index contributed by atoms with van der Waals surface area (Å²) in [6.45, 7) is 9.42. The van der Waals surface area contributed by atoms with Gasteiger partial charge in [-0.25, -0.2) is 15.0 Å². The molecule has 3 heterocycles. The monoisotopic (exact) mass is 346 g/mol. The van der Waals surface area contributed by atoms with Crippen molar-refractivity contribution in [3.05, 3.63) is 38.9 Å². The van der Waals surface area contributed by atoms with Crippen LogP contribution in [0.4, 0.5) is 0 Å². The molecule has 1 saturated heterocycles. The van der Waals surface area contributed by atoms with Crippen molar-refractivity contribution in [2.75, 3.05) is 19.7 Å². The topological polar surface area (TPSA) is 68.2 Å². The average molecular weight is 346 g/mol. The van der Waals surface area contributed by atoms with E-state index in [1.54, 1.807) is 11.3 Å². The highest BCUT2D eigenvalue weighted by Gasteiger charge is 2.28. The first-order valence-electron chi connectivity index (χ1n) is 8.07. The summed E-state index contributed by atoms with van der Waals surface area (Å²) in [6.07, 6.45) is 0.142. The van der Waals surface area contributed by atoms with Crippen LogP contribution in [0.1, 0.15) is 38.9 Å². The number of ether oxygens (including phenoxy) is 1. The second-order valence-electron chi connectivity index (χ2n) is 6.13. The predicted molar refractivity (Wildman–Crippen MR) is 92.1 cm³/mol. The Morgan fingerprint density at radius 2 is 1.96 bits per heavy atom. The highest BCUT2D eigenvalue weighted by molar-refractivity contribution is 7.11. The van der Waals surface area contributed by atoms with Gasteiger partial charge in [-0.2, -0.15) is 0 Å². The minimum absolute atomic E-state index is 0.111. The van der Waals surface area contributed by atoms with Gasteiger partial charge in [0.15, 0.2) is 5.82 Å². The number of carbonyl (C=O) groups excluding carboxylic acids is 1. The molecule has 1 amide bonds. The second-order valence-corrected chi connectivity index (χ2v) is 7.41. The largest absolute Gasteiger partial charge is 0.367 e. The quantitative estimate of drug-likeness (QED) is 0.853. The molecule has 1 fully saturated rings. The number of nitrogens with zero attached hydrogens (tertiary/aromatic N) is 4. The molecule has 0 radical (unpaired) electrons. The van der Waals surface area contributed by atoms with Crippen LogP contribution in [-0.4, -0.2) is 45.5 Å². The highest BCUT2D eigenvalue weighted by Crippen LogP contribution is 2.22. The third kappa shape index (κ3) is 3.79. The van der Waals surface area contributed by atoms with Crippen LogP contribution in [0.3, 0.4) is 0 Å². The van der Waals surface area contributed by atoms with Gasteiger partial charge in [0.25, 0.3) is 0 Å². The molecule has 0 saturated carbocycles. The fourth-order valence-electron chi connectivity index (χ4n) is 2.92. The Kier molecular flexibility index (Phi) is 4.91. The molecule has 6 nitrogen and oxygen atoms in total. The first-order chi connectivity index (χ1) is 11.4. The molecule has 0 aromatic carbocycles. The Bertz CT molecular complexity index is 739. The molecule has 2 aromatic rings. The third-order valence-electron chi connectivity index (χ3n) is 4.02. The number of carbonyl (C=O) groups is 1.